The Bertz CT molecular complexity index is 161. The summed E-state index contributed by atoms with van der Waals surface area (Å²) in [4.78, 5) is 13.2. The number of carbonyl (C=O) groups excluding carboxylic acids is 1. The monoisotopic (exact) mass is 192 g/mol. The molecule has 0 spiro atoms. The van der Waals surface area contributed by atoms with Crippen molar-refractivity contribution >= 4 is 18.3 Å². The van der Waals surface area contributed by atoms with Gasteiger partial charge in [0.15, 0.2) is 0 Å². The number of nitrogens with zero attached hydrogens (tertiary/aromatic N) is 1. The van der Waals surface area contributed by atoms with Crippen molar-refractivity contribution in [3.05, 3.63) is 0 Å². The molecule has 1 aliphatic rings. The van der Waals surface area contributed by atoms with Gasteiger partial charge in [-0.2, -0.15) is 0 Å². The zero-order chi connectivity index (χ0) is 8.43. The molecule has 1 heterocycles. The first-order valence-electron chi connectivity index (χ1n) is 4.15. The van der Waals surface area contributed by atoms with Crippen LogP contribution < -0.4 is 5.73 Å². The highest BCUT2D eigenvalue weighted by atomic mass is 35.5. The summed E-state index contributed by atoms with van der Waals surface area (Å²) >= 11 is 0. The number of halogens is 1. The maximum absolute atomic E-state index is 11.4. The Kier molecular flexibility index (Phi) is 4.57. The van der Waals surface area contributed by atoms with Crippen molar-refractivity contribution < 1.29 is 4.79 Å². The highest BCUT2D eigenvalue weighted by molar-refractivity contribution is 5.85. The lowest BCUT2D eigenvalue weighted by atomic mass is 10.2. The first-order valence-corrected chi connectivity index (χ1v) is 4.15. The van der Waals surface area contributed by atoms with Gasteiger partial charge in [-0.15, -0.1) is 12.4 Å². The Labute approximate surface area is 79.7 Å². The van der Waals surface area contributed by atoms with Gasteiger partial charge < -0.3 is 10.6 Å². The Morgan fingerprint density at radius 1 is 1.58 bits per heavy atom. The molecule has 3 nitrogen and oxygen atoms in total. The molecule has 0 radical (unpaired) electrons. The van der Waals surface area contributed by atoms with Gasteiger partial charge in [0.05, 0.1) is 0 Å². The molecule has 0 unspecified atom stereocenters. The van der Waals surface area contributed by atoms with Crippen molar-refractivity contribution in [2.45, 2.75) is 26.3 Å². The molecule has 1 fully saturated rings. The van der Waals surface area contributed by atoms with Crippen molar-refractivity contribution in [2.24, 2.45) is 11.7 Å². The smallest absolute Gasteiger partial charge is 0.225 e. The van der Waals surface area contributed by atoms with Gasteiger partial charge in [-0.1, -0.05) is 13.8 Å². The lowest BCUT2D eigenvalue weighted by molar-refractivity contribution is -0.133. The van der Waals surface area contributed by atoms with E-state index in [9.17, 15) is 4.79 Å². The Morgan fingerprint density at radius 3 is 2.50 bits per heavy atom. The third-order valence-electron chi connectivity index (χ3n) is 2.03. The van der Waals surface area contributed by atoms with Crippen LogP contribution >= 0.6 is 12.4 Å². The zero-order valence-corrected chi connectivity index (χ0v) is 8.43. The summed E-state index contributed by atoms with van der Waals surface area (Å²) in [5, 5.41) is 0. The third kappa shape index (κ3) is 2.64. The topological polar surface area (TPSA) is 46.3 Å². The van der Waals surface area contributed by atoms with Crippen molar-refractivity contribution in [3.8, 4) is 0 Å². The average molecular weight is 193 g/mol. The van der Waals surface area contributed by atoms with Crippen LogP contribution in [0, 0.1) is 5.92 Å². The van der Waals surface area contributed by atoms with Crippen LogP contribution in [0.15, 0.2) is 0 Å². The van der Waals surface area contributed by atoms with Gasteiger partial charge in [-0.25, -0.2) is 0 Å². The van der Waals surface area contributed by atoms with E-state index in [1.807, 2.05) is 18.7 Å². The Balaban J connectivity index is 0.00000121. The number of rotatable bonds is 1. The fraction of sp³-hybridized carbons (Fsp3) is 0.875. The second kappa shape index (κ2) is 4.67. The minimum absolute atomic E-state index is 0. The summed E-state index contributed by atoms with van der Waals surface area (Å²) in [6.45, 7) is 5.44. The highest BCUT2D eigenvalue weighted by Crippen LogP contribution is 2.10. The molecule has 0 aliphatic carbocycles. The van der Waals surface area contributed by atoms with E-state index in [4.69, 9.17) is 5.73 Å². The molecule has 0 saturated carbocycles. The summed E-state index contributed by atoms with van der Waals surface area (Å²) < 4.78 is 0. The predicted octanol–water partition coefficient (Wildman–Crippen LogP) is 0.624. The summed E-state index contributed by atoms with van der Waals surface area (Å²) in [5.74, 6) is 0.346. The second-order valence-corrected chi connectivity index (χ2v) is 3.49. The minimum atomic E-state index is 0. The van der Waals surface area contributed by atoms with E-state index in [0.717, 1.165) is 19.5 Å². The van der Waals surface area contributed by atoms with Crippen LogP contribution in [0.1, 0.15) is 20.3 Å². The number of hydrogen-bond donors (Lipinski definition) is 1. The van der Waals surface area contributed by atoms with Crippen molar-refractivity contribution in [1.82, 2.24) is 4.90 Å². The van der Waals surface area contributed by atoms with Gasteiger partial charge >= 0.3 is 0 Å². The number of amides is 1. The average Bonchev–Trinajstić information content (AvgIpc) is 2.34. The molecule has 12 heavy (non-hydrogen) atoms. The normalized spacial score (nSPS) is 22.7. The lowest BCUT2D eigenvalue weighted by Gasteiger charge is -2.17. The van der Waals surface area contributed by atoms with E-state index in [1.54, 1.807) is 0 Å². The SMILES string of the molecule is CC(C)C(=O)N1CC[C@H](N)C1.Cl. The quantitative estimate of drug-likeness (QED) is 0.663. The second-order valence-electron chi connectivity index (χ2n) is 3.49. The molecule has 0 aromatic carbocycles. The molecule has 1 saturated heterocycles. The molecule has 1 atom stereocenters. The van der Waals surface area contributed by atoms with Gasteiger partial charge in [0.2, 0.25) is 5.91 Å². The minimum Gasteiger partial charge on any atom is -0.341 e. The van der Waals surface area contributed by atoms with Gasteiger partial charge in [0.1, 0.15) is 0 Å². The maximum atomic E-state index is 11.4. The van der Waals surface area contributed by atoms with E-state index in [1.165, 1.54) is 0 Å². The van der Waals surface area contributed by atoms with Crippen LogP contribution in [0.2, 0.25) is 0 Å². The molecule has 0 aromatic rings. The third-order valence-corrected chi connectivity index (χ3v) is 2.03. The maximum Gasteiger partial charge on any atom is 0.225 e. The summed E-state index contributed by atoms with van der Waals surface area (Å²) in [6, 6.07) is 0.206. The first-order chi connectivity index (χ1) is 5.11. The van der Waals surface area contributed by atoms with E-state index in [2.05, 4.69) is 0 Å². The van der Waals surface area contributed by atoms with Crippen molar-refractivity contribution in [1.29, 1.82) is 0 Å². The fourth-order valence-electron chi connectivity index (χ4n) is 1.35. The molecule has 4 heteroatoms. The fourth-order valence-corrected chi connectivity index (χ4v) is 1.35. The van der Waals surface area contributed by atoms with Crippen LogP contribution in [0.3, 0.4) is 0 Å². The van der Waals surface area contributed by atoms with Gasteiger partial charge in [-0.3, -0.25) is 4.79 Å². The summed E-state index contributed by atoms with van der Waals surface area (Å²) in [7, 11) is 0. The van der Waals surface area contributed by atoms with Crippen molar-refractivity contribution in [3.63, 3.8) is 0 Å². The van der Waals surface area contributed by atoms with E-state index < -0.39 is 0 Å². The number of likely N-dealkylation sites (tertiary alicyclic amines) is 1. The standard InChI is InChI=1S/C8H16N2O.ClH/c1-6(2)8(11)10-4-3-7(9)5-10;/h6-7H,3-5,9H2,1-2H3;1H/t7-;/m0./s1. The predicted molar refractivity (Wildman–Crippen MR) is 51.3 cm³/mol. The molecular formula is C8H17ClN2O. The first kappa shape index (κ1) is 11.7. The largest absolute Gasteiger partial charge is 0.341 e. The van der Waals surface area contributed by atoms with E-state index in [-0.39, 0.29) is 30.3 Å². The summed E-state index contributed by atoms with van der Waals surface area (Å²) in [6.07, 6.45) is 0.957. The van der Waals surface area contributed by atoms with Crippen molar-refractivity contribution in [2.75, 3.05) is 13.1 Å². The molecule has 1 amide bonds. The van der Waals surface area contributed by atoms with E-state index >= 15 is 0 Å². The zero-order valence-electron chi connectivity index (χ0n) is 7.62. The lowest BCUT2D eigenvalue weighted by Crippen LogP contribution is -2.34. The molecule has 1 aliphatic heterocycles. The van der Waals surface area contributed by atoms with E-state index in [0.29, 0.717) is 0 Å². The summed E-state index contributed by atoms with van der Waals surface area (Å²) in [5.41, 5.74) is 5.67. The van der Waals surface area contributed by atoms with Crippen LogP contribution in [-0.4, -0.2) is 29.9 Å². The van der Waals surface area contributed by atoms with Crippen LogP contribution in [0.4, 0.5) is 0 Å². The van der Waals surface area contributed by atoms with Crippen LogP contribution in [-0.2, 0) is 4.79 Å². The Hall–Kier alpha value is -0.280. The molecular weight excluding hydrogens is 176 g/mol. The molecule has 72 valence electrons. The van der Waals surface area contributed by atoms with Crippen LogP contribution in [0.5, 0.6) is 0 Å². The van der Waals surface area contributed by atoms with Gasteiger partial charge in [0, 0.05) is 25.0 Å². The van der Waals surface area contributed by atoms with Crippen LogP contribution in [0.25, 0.3) is 0 Å². The van der Waals surface area contributed by atoms with Gasteiger partial charge in [-0.05, 0) is 6.42 Å². The molecule has 1 rings (SSSR count). The molecule has 2 N–H and O–H groups in total. The molecule has 0 aromatic heterocycles. The highest BCUT2D eigenvalue weighted by Gasteiger charge is 2.24. The number of hydrogen-bond acceptors (Lipinski definition) is 2. The Morgan fingerprint density at radius 2 is 2.17 bits per heavy atom. The van der Waals surface area contributed by atoms with Gasteiger partial charge in [0.25, 0.3) is 0 Å². The number of nitrogens with two attached hydrogens (primary N) is 1. The molecule has 0 bridgehead atoms. The number of carbonyl (C=O) groups is 1.